The Hall–Kier alpha value is -4.09. The van der Waals surface area contributed by atoms with E-state index in [-0.39, 0.29) is 36.8 Å². The van der Waals surface area contributed by atoms with Gasteiger partial charge in [0.1, 0.15) is 19.3 Å². The molecule has 1 amide bonds. The van der Waals surface area contributed by atoms with Crippen molar-refractivity contribution in [3.8, 4) is 22.6 Å². The molecule has 2 aliphatic rings. The van der Waals surface area contributed by atoms with Crippen LogP contribution in [0.15, 0.2) is 60.8 Å². The van der Waals surface area contributed by atoms with Gasteiger partial charge in [0.15, 0.2) is 17.3 Å². The van der Waals surface area contributed by atoms with Crippen molar-refractivity contribution in [3.63, 3.8) is 0 Å². The molecule has 1 fully saturated rings. The molecule has 0 bridgehead atoms. The van der Waals surface area contributed by atoms with Crippen molar-refractivity contribution in [3.05, 3.63) is 77.7 Å². The normalized spacial score (nSPS) is 17.0. The molecule has 1 saturated heterocycles. The van der Waals surface area contributed by atoms with Crippen LogP contribution in [-0.2, 0) is 10.7 Å². The summed E-state index contributed by atoms with van der Waals surface area (Å²) in [6, 6.07) is 12.5. The average molecular weight is 567 g/mol. The molecular formula is C30H29F3N4O4. The van der Waals surface area contributed by atoms with Crippen molar-refractivity contribution < 1.29 is 32.5 Å². The molecule has 8 nitrogen and oxygen atoms in total. The number of nitrogens with one attached hydrogen (secondary N) is 2. The lowest BCUT2D eigenvalue weighted by molar-refractivity contribution is -0.149. The summed E-state index contributed by atoms with van der Waals surface area (Å²) in [5, 5.41) is 21.4. The second-order valence-corrected chi connectivity index (χ2v) is 10.4. The predicted octanol–water partition coefficient (Wildman–Crippen LogP) is 4.55. The molecular weight excluding hydrogens is 537 g/mol. The lowest BCUT2D eigenvalue weighted by atomic mass is 9.98. The van der Waals surface area contributed by atoms with Crippen LogP contribution in [0.4, 0.5) is 13.2 Å². The zero-order valence-corrected chi connectivity index (χ0v) is 22.1. The molecule has 1 aromatic heterocycles. The maximum atomic E-state index is 15.5. The lowest BCUT2D eigenvalue weighted by Gasteiger charge is -2.30. The third kappa shape index (κ3) is 5.47. The minimum atomic E-state index is -3.88. The third-order valence-electron chi connectivity index (χ3n) is 7.62. The first-order chi connectivity index (χ1) is 19.8. The van der Waals surface area contributed by atoms with Crippen LogP contribution < -0.4 is 14.8 Å². The van der Waals surface area contributed by atoms with E-state index in [4.69, 9.17) is 9.47 Å². The summed E-state index contributed by atoms with van der Waals surface area (Å²) in [6.45, 7) is 1.93. The smallest absolute Gasteiger partial charge is 0.349 e. The Bertz CT molecular complexity index is 1550. The summed E-state index contributed by atoms with van der Waals surface area (Å²) < 4.78 is 56.4. The maximum Gasteiger partial charge on any atom is 0.349 e. The Morgan fingerprint density at radius 2 is 1.78 bits per heavy atom. The molecule has 0 spiro atoms. The number of fused-ring (bicyclic) bond motifs is 2. The van der Waals surface area contributed by atoms with Crippen molar-refractivity contribution in [1.29, 1.82) is 0 Å². The Morgan fingerprint density at radius 3 is 2.56 bits per heavy atom. The SMILES string of the molecule is O=C(N[C@H](CN1CCCC1)[C@H](O)c1cc(F)c2c(c1)OCCO2)C(F)(F)c1ccc(-c2ccc3cn[nH]c3c2)cc1. The monoisotopic (exact) mass is 566 g/mol. The highest BCUT2D eigenvalue weighted by Gasteiger charge is 2.43. The van der Waals surface area contributed by atoms with Gasteiger partial charge < -0.3 is 24.8 Å². The first kappa shape index (κ1) is 27.1. The summed E-state index contributed by atoms with van der Waals surface area (Å²) in [5.74, 6) is -6.11. The first-order valence-corrected chi connectivity index (χ1v) is 13.5. The number of benzene rings is 3. The fourth-order valence-corrected chi connectivity index (χ4v) is 5.38. The van der Waals surface area contributed by atoms with E-state index in [9.17, 15) is 14.3 Å². The minimum absolute atomic E-state index is 0.0632. The lowest BCUT2D eigenvalue weighted by Crippen LogP contribution is -2.51. The minimum Gasteiger partial charge on any atom is -0.486 e. The Labute approximate surface area is 234 Å². The number of hydrogen-bond donors (Lipinski definition) is 3. The second-order valence-electron chi connectivity index (χ2n) is 10.4. The van der Waals surface area contributed by atoms with Crippen LogP contribution >= 0.6 is 0 Å². The summed E-state index contributed by atoms with van der Waals surface area (Å²) in [4.78, 5) is 15.0. The maximum absolute atomic E-state index is 15.5. The van der Waals surface area contributed by atoms with Gasteiger partial charge in [-0.05, 0) is 60.8 Å². The third-order valence-corrected chi connectivity index (χ3v) is 7.62. The van der Waals surface area contributed by atoms with Gasteiger partial charge in [-0.1, -0.05) is 36.4 Å². The highest BCUT2D eigenvalue weighted by atomic mass is 19.3. The van der Waals surface area contributed by atoms with Crippen molar-refractivity contribution in [2.45, 2.75) is 30.9 Å². The number of alkyl halides is 2. The van der Waals surface area contributed by atoms with Gasteiger partial charge in [-0.2, -0.15) is 13.9 Å². The summed E-state index contributed by atoms with van der Waals surface area (Å²) in [7, 11) is 0. The number of nitrogens with zero attached hydrogens (tertiary/aromatic N) is 2. The molecule has 41 heavy (non-hydrogen) atoms. The number of aromatic nitrogens is 2. The molecule has 0 saturated carbocycles. The van der Waals surface area contributed by atoms with Crippen LogP contribution in [0.3, 0.4) is 0 Å². The summed E-state index contributed by atoms with van der Waals surface area (Å²) >= 11 is 0. The molecule has 3 aromatic carbocycles. The molecule has 4 aromatic rings. The van der Waals surface area contributed by atoms with Gasteiger partial charge in [-0.15, -0.1) is 0 Å². The van der Waals surface area contributed by atoms with E-state index in [0.717, 1.165) is 35.4 Å². The van der Waals surface area contributed by atoms with Crippen LogP contribution in [-0.4, -0.2) is 65.0 Å². The predicted molar refractivity (Wildman–Crippen MR) is 145 cm³/mol. The van der Waals surface area contributed by atoms with Crippen molar-refractivity contribution >= 4 is 16.8 Å². The Balaban J connectivity index is 1.22. The Morgan fingerprint density at radius 1 is 1.05 bits per heavy atom. The molecule has 2 aliphatic heterocycles. The zero-order chi connectivity index (χ0) is 28.6. The molecule has 0 unspecified atom stereocenters. The van der Waals surface area contributed by atoms with Gasteiger partial charge in [-0.25, -0.2) is 4.39 Å². The molecule has 0 radical (unpaired) electrons. The topological polar surface area (TPSA) is 99.7 Å². The van der Waals surface area contributed by atoms with E-state index in [1.807, 2.05) is 23.1 Å². The molecule has 11 heteroatoms. The zero-order valence-electron chi connectivity index (χ0n) is 22.1. The first-order valence-electron chi connectivity index (χ1n) is 13.5. The molecule has 3 heterocycles. The number of carbonyl (C=O) groups excluding carboxylic acids is 1. The second kappa shape index (κ2) is 11.1. The highest BCUT2D eigenvalue weighted by Crippen LogP contribution is 2.37. The number of hydrogen-bond acceptors (Lipinski definition) is 6. The van der Waals surface area contributed by atoms with Crippen LogP contribution in [0.25, 0.3) is 22.0 Å². The van der Waals surface area contributed by atoms with E-state index in [1.165, 1.54) is 30.3 Å². The summed E-state index contributed by atoms with van der Waals surface area (Å²) in [5.41, 5.74) is 1.93. The van der Waals surface area contributed by atoms with E-state index in [2.05, 4.69) is 15.5 Å². The fraction of sp³-hybridized carbons (Fsp3) is 0.333. The van der Waals surface area contributed by atoms with Crippen molar-refractivity contribution in [2.24, 2.45) is 0 Å². The van der Waals surface area contributed by atoms with Crippen LogP contribution in [0.1, 0.15) is 30.1 Å². The van der Waals surface area contributed by atoms with Crippen LogP contribution in [0.2, 0.25) is 0 Å². The van der Waals surface area contributed by atoms with E-state index < -0.39 is 35.4 Å². The Kier molecular flexibility index (Phi) is 7.31. The standard InChI is InChI=1S/C30H29F3N4O4/c31-23-13-21(15-26-28(23)41-12-11-40-26)27(38)25(17-37-9-1-2-10-37)35-29(39)30(32,33)22-7-5-18(6-8-22)19-3-4-20-16-34-36-24(20)14-19/h3-8,13-16,25,27,38H,1-2,9-12,17H2,(H,34,36)(H,35,39)/t25-,27-/m1/s1. The molecule has 3 N–H and O–H groups in total. The van der Waals surface area contributed by atoms with Gasteiger partial charge in [0.25, 0.3) is 5.91 Å². The van der Waals surface area contributed by atoms with Gasteiger partial charge in [-0.3, -0.25) is 9.89 Å². The fourth-order valence-electron chi connectivity index (χ4n) is 5.38. The van der Waals surface area contributed by atoms with E-state index in [0.29, 0.717) is 18.7 Å². The largest absolute Gasteiger partial charge is 0.486 e. The number of aromatic amines is 1. The van der Waals surface area contributed by atoms with Gasteiger partial charge in [0.05, 0.1) is 17.8 Å². The number of carbonyl (C=O) groups is 1. The van der Waals surface area contributed by atoms with Gasteiger partial charge in [0, 0.05) is 17.5 Å². The number of aliphatic hydroxyl groups excluding tert-OH is 1. The number of halogens is 3. The van der Waals surface area contributed by atoms with Crippen molar-refractivity contribution in [1.82, 2.24) is 20.4 Å². The van der Waals surface area contributed by atoms with Crippen LogP contribution in [0, 0.1) is 5.82 Å². The average Bonchev–Trinajstić information content (AvgIpc) is 3.68. The molecule has 214 valence electrons. The number of H-pyrrole nitrogens is 1. The summed E-state index contributed by atoms with van der Waals surface area (Å²) in [6.07, 6.45) is 2.07. The van der Waals surface area contributed by atoms with E-state index in [1.54, 1.807) is 6.20 Å². The number of aliphatic hydroxyl groups is 1. The number of likely N-dealkylation sites (tertiary alicyclic amines) is 1. The van der Waals surface area contributed by atoms with E-state index >= 15 is 8.78 Å². The quantitative estimate of drug-likeness (QED) is 0.290. The molecule has 0 aliphatic carbocycles. The van der Waals surface area contributed by atoms with Crippen molar-refractivity contribution in [2.75, 3.05) is 32.8 Å². The number of ether oxygens (including phenoxy) is 2. The van der Waals surface area contributed by atoms with Gasteiger partial charge >= 0.3 is 5.92 Å². The number of rotatable bonds is 8. The van der Waals surface area contributed by atoms with Gasteiger partial charge in [0.2, 0.25) is 0 Å². The molecule has 6 rings (SSSR count). The highest BCUT2D eigenvalue weighted by molar-refractivity contribution is 5.86. The molecule has 2 atom stereocenters. The number of amides is 1. The van der Waals surface area contributed by atoms with Crippen LogP contribution in [0.5, 0.6) is 11.5 Å².